The monoisotopic (exact) mass is 474 g/mol. The van der Waals surface area contributed by atoms with Crippen LogP contribution in [0.4, 0.5) is 11.4 Å². The van der Waals surface area contributed by atoms with Crippen LogP contribution >= 0.6 is 0 Å². The highest BCUT2D eigenvalue weighted by Gasteiger charge is 2.17. The Kier molecular flexibility index (Phi) is 8.28. The number of carbonyl (C=O) groups excluding carboxylic acids is 3. The molecule has 0 radical (unpaired) electrons. The SMILES string of the molecule is Cc1ccc(NC(=O)c2ccccc2NC(=O)C(=O)N/N=C\c2ccc(OCC(=O)O)cc2)cc1. The Morgan fingerprint density at radius 3 is 2.26 bits per heavy atom. The molecule has 0 saturated heterocycles. The van der Waals surface area contributed by atoms with Gasteiger partial charge in [0.25, 0.3) is 5.91 Å². The predicted octanol–water partition coefficient (Wildman–Crippen LogP) is 2.80. The summed E-state index contributed by atoms with van der Waals surface area (Å²) in [5.74, 6) is -3.21. The van der Waals surface area contributed by atoms with Crippen molar-refractivity contribution in [3.8, 4) is 5.75 Å². The van der Waals surface area contributed by atoms with Crippen molar-refractivity contribution >= 4 is 41.3 Å². The molecule has 0 aliphatic rings. The second-order valence-corrected chi connectivity index (χ2v) is 7.27. The minimum atomic E-state index is -1.09. The van der Waals surface area contributed by atoms with E-state index in [9.17, 15) is 19.2 Å². The number of anilines is 2. The zero-order valence-electron chi connectivity index (χ0n) is 18.6. The van der Waals surface area contributed by atoms with E-state index in [-0.39, 0.29) is 11.3 Å². The van der Waals surface area contributed by atoms with Crippen molar-refractivity contribution in [1.29, 1.82) is 0 Å². The molecule has 3 amide bonds. The molecule has 3 aromatic rings. The third-order valence-electron chi connectivity index (χ3n) is 4.56. The minimum absolute atomic E-state index is 0.165. The minimum Gasteiger partial charge on any atom is -0.482 e. The fourth-order valence-corrected chi connectivity index (χ4v) is 2.82. The summed E-state index contributed by atoms with van der Waals surface area (Å²) in [6.07, 6.45) is 1.30. The summed E-state index contributed by atoms with van der Waals surface area (Å²) in [7, 11) is 0. The van der Waals surface area contributed by atoms with Gasteiger partial charge in [-0.2, -0.15) is 5.10 Å². The lowest BCUT2D eigenvalue weighted by atomic mass is 10.1. The second kappa shape index (κ2) is 11.8. The van der Waals surface area contributed by atoms with Gasteiger partial charge in [-0.3, -0.25) is 14.4 Å². The molecule has 0 fully saturated rings. The fourth-order valence-electron chi connectivity index (χ4n) is 2.82. The maximum absolute atomic E-state index is 12.7. The first-order valence-corrected chi connectivity index (χ1v) is 10.4. The van der Waals surface area contributed by atoms with Gasteiger partial charge in [0, 0.05) is 5.69 Å². The van der Waals surface area contributed by atoms with Gasteiger partial charge in [-0.05, 0) is 61.0 Å². The molecular formula is C25H22N4O6. The van der Waals surface area contributed by atoms with Crippen LogP contribution in [-0.4, -0.2) is 41.6 Å². The number of hydrazone groups is 1. The summed E-state index contributed by atoms with van der Waals surface area (Å²) in [6, 6.07) is 19.8. The molecule has 0 aromatic heterocycles. The van der Waals surface area contributed by atoms with E-state index in [0.29, 0.717) is 17.0 Å². The maximum Gasteiger partial charge on any atom is 0.341 e. The molecular weight excluding hydrogens is 452 g/mol. The Bertz CT molecular complexity index is 1250. The number of aliphatic carboxylic acids is 1. The Morgan fingerprint density at radius 2 is 1.57 bits per heavy atom. The van der Waals surface area contributed by atoms with Crippen molar-refractivity contribution in [3.05, 3.63) is 89.5 Å². The van der Waals surface area contributed by atoms with E-state index in [4.69, 9.17) is 9.84 Å². The van der Waals surface area contributed by atoms with Gasteiger partial charge in [0.05, 0.1) is 17.5 Å². The standard InChI is InChI=1S/C25H22N4O6/c1-16-6-10-18(11-7-16)27-23(32)20-4-2-3-5-21(20)28-24(33)25(34)29-26-14-17-8-12-19(13-9-17)35-15-22(30)31/h2-14H,15H2,1H3,(H,27,32)(H,28,33)(H,29,34)(H,30,31)/b26-14-. The van der Waals surface area contributed by atoms with Crippen molar-refractivity contribution in [2.45, 2.75) is 6.92 Å². The van der Waals surface area contributed by atoms with Crippen molar-refractivity contribution in [2.24, 2.45) is 5.10 Å². The number of rotatable bonds is 8. The molecule has 178 valence electrons. The van der Waals surface area contributed by atoms with Crippen molar-refractivity contribution in [3.63, 3.8) is 0 Å². The predicted molar refractivity (Wildman–Crippen MR) is 130 cm³/mol. The average molecular weight is 474 g/mol. The quantitative estimate of drug-likeness (QED) is 0.224. The van der Waals surface area contributed by atoms with E-state index in [2.05, 4.69) is 21.2 Å². The van der Waals surface area contributed by atoms with Crippen LogP contribution in [0.5, 0.6) is 5.75 Å². The number of carbonyl (C=O) groups is 4. The molecule has 3 rings (SSSR count). The van der Waals surface area contributed by atoms with E-state index >= 15 is 0 Å². The largest absolute Gasteiger partial charge is 0.482 e. The number of nitrogens with zero attached hydrogens (tertiary/aromatic N) is 1. The molecule has 0 saturated carbocycles. The Balaban J connectivity index is 1.56. The molecule has 35 heavy (non-hydrogen) atoms. The highest BCUT2D eigenvalue weighted by Crippen LogP contribution is 2.18. The smallest absolute Gasteiger partial charge is 0.341 e. The lowest BCUT2D eigenvalue weighted by Gasteiger charge is -2.11. The van der Waals surface area contributed by atoms with E-state index in [0.717, 1.165) is 5.56 Å². The van der Waals surface area contributed by atoms with Crippen molar-refractivity contribution < 1.29 is 29.0 Å². The van der Waals surface area contributed by atoms with Gasteiger partial charge in [-0.25, -0.2) is 10.2 Å². The zero-order valence-corrected chi connectivity index (χ0v) is 18.6. The number of nitrogens with one attached hydrogen (secondary N) is 3. The summed E-state index contributed by atoms with van der Waals surface area (Å²) in [4.78, 5) is 47.6. The van der Waals surface area contributed by atoms with Crippen LogP contribution in [0.25, 0.3) is 0 Å². The lowest BCUT2D eigenvalue weighted by Crippen LogP contribution is -2.33. The molecule has 0 aliphatic heterocycles. The van der Waals surface area contributed by atoms with E-state index in [1.165, 1.54) is 30.5 Å². The first-order valence-electron chi connectivity index (χ1n) is 10.4. The summed E-state index contributed by atoms with van der Waals surface area (Å²) in [6.45, 7) is 1.47. The molecule has 0 atom stereocenters. The van der Waals surface area contributed by atoms with Crippen LogP contribution in [0, 0.1) is 6.92 Å². The number of hydrogen-bond acceptors (Lipinski definition) is 6. The van der Waals surface area contributed by atoms with Crippen molar-refractivity contribution in [2.75, 3.05) is 17.2 Å². The van der Waals surface area contributed by atoms with Crippen LogP contribution in [0.1, 0.15) is 21.5 Å². The third kappa shape index (κ3) is 7.53. The molecule has 10 nitrogen and oxygen atoms in total. The first-order chi connectivity index (χ1) is 16.8. The molecule has 0 bridgehead atoms. The molecule has 3 aromatic carbocycles. The first kappa shape index (κ1) is 24.6. The lowest BCUT2D eigenvalue weighted by molar-refractivity contribution is -0.139. The fraction of sp³-hybridized carbons (Fsp3) is 0.0800. The Morgan fingerprint density at radius 1 is 0.886 bits per heavy atom. The summed E-state index contributed by atoms with van der Waals surface area (Å²) in [5.41, 5.74) is 4.67. The highest BCUT2D eigenvalue weighted by atomic mass is 16.5. The summed E-state index contributed by atoms with van der Waals surface area (Å²) >= 11 is 0. The van der Waals surface area contributed by atoms with Gasteiger partial charge in [-0.1, -0.05) is 29.8 Å². The van der Waals surface area contributed by atoms with Crippen molar-refractivity contribution in [1.82, 2.24) is 5.43 Å². The normalized spacial score (nSPS) is 10.4. The van der Waals surface area contributed by atoms with Crippen LogP contribution < -0.4 is 20.8 Å². The number of carboxylic acid groups (broad SMARTS) is 1. The second-order valence-electron chi connectivity index (χ2n) is 7.27. The summed E-state index contributed by atoms with van der Waals surface area (Å²) < 4.78 is 5.02. The molecule has 0 aliphatic carbocycles. The van der Waals surface area contributed by atoms with Gasteiger partial charge >= 0.3 is 17.8 Å². The topological polar surface area (TPSA) is 146 Å². The molecule has 0 heterocycles. The summed E-state index contributed by atoms with van der Waals surface area (Å²) in [5, 5.41) is 17.5. The van der Waals surface area contributed by atoms with Crippen LogP contribution in [0.3, 0.4) is 0 Å². The van der Waals surface area contributed by atoms with E-state index in [1.807, 2.05) is 19.1 Å². The number of aryl methyl sites for hydroxylation is 1. The molecule has 10 heteroatoms. The number of ether oxygens (including phenoxy) is 1. The number of para-hydroxylation sites is 1. The number of carboxylic acids is 1. The molecule has 0 spiro atoms. The number of benzene rings is 3. The van der Waals surface area contributed by atoms with Crippen LogP contribution in [0.15, 0.2) is 77.9 Å². The highest BCUT2D eigenvalue weighted by molar-refractivity contribution is 6.40. The number of amides is 3. The van der Waals surface area contributed by atoms with Gasteiger partial charge in [0.2, 0.25) is 0 Å². The maximum atomic E-state index is 12.7. The number of hydrogen-bond donors (Lipinski definition) is 4. The van der Waals surface area contributed by atoms with Gasteiger partial charge < -0.3 is 20.5 Å². The Hall–Kier alpha value is -4.99. The van der Waals surface area contributed by atoms with E-state index < -0.39 is 30.3 Å². The molecule has 4 N–H and O–H groups in total. The van der Waals surface area contributed by atoms with Crippen LogP contribution in [0.2, 0.25) is 0 Å². The third-order valence-corrected chi connectivity index (χ3v) is 4.56. The Labute approximate surface area is 200 Å². The molecule has 0 unspecified atom stereocenters. The van der Waals surface area contributed by atoms with Crippen LogP contribution in [-0.2, 0) is 14.4 Å². The van der Waals surface area contributed by atoms with Gasteiger partial charge in [0.1, 0.15) is 5.75 Å². The zero-order chi connectivity index (χ0) is 25.2. The average Bonchev–Trinajstić information content (AvgIpc) is 2.85. The van der Waals surface area contributed by atoms with E-state index in [1.54, 1.807) is 36.4 Å². The van der Waals surface area contributed by atoms with Gasteiger partial charge in [0.15, 0.2) is 6.61 Å². The van der Waals surface area contributed by atoms with Gasteiger partial charge in [-0.15, -0.1) is 0 Å².